The molecular formula is C15H11ClO2. The number of phenols is 1. The van der Waals surface area contributed by atoms with Gasteiger partial charge in [-0.1, -0.05) is 48.0 Å². The minimum atomic E-state index is -0.152. The molecule has 0 aliphatic heterocycles. The highest BCUT2D eigenvalue weighted by Crippen LogP contribution is 2.24. The van der Waals surface area contributed by atoms with Crippen LogP contribution in [0.25, 0.3) is 6.08 Å². The van der Waals surface area contributed by atoms with E-state index in [1.54, 1.807) is 12.1 Å². The maximum Gasteiger partial charge on any atom is 0.185 e. The Balaban J connectivity index is 2.17. The van der Waals surface area contributed by atoms with E-state index in [0.29, 0.717) is 5.56 Å². The molecule has 0 aromatic heterocycles. The van der Waals surface area contributed by atoms with E-state index in [1.807, 2.05) is 30.3 Å². The number of hydrogen-bond acceptors (Lipinski definition) is 2. The summed E-state index contributed by atoms with van der Waals surface area (Å²) in [5.74, 6) is -0.180. The van der Waals surface area contributed by atoms with Gasteiger partial charge in [0.05, 0.1) is 5.02 Å². The minimum absolute atomic E-state index is 0.0275. The molecule has 2 nitrogen and oxygen atoms in total. The lowest BCUT2D eigenvalue weighted by Gasteiger charge is -1.99. The fourth-order valence-corrected chi connectivity index (χ4v) is 1.67. The van der Waals surface area contributed by atoms with Gasteiger partial charge in [-0.3, -0.25) is 4.79 Å². The molecule has 0 spiro atoms. The SMILES string of the molecule is O=C(/C=C/c1ccccc1)c1ccc(O)c(Cl)c1. The van der Waals surface area contributed by atoms with E-state index in [2.05, 4.69) is 0 Å². The number of allylic oxidation sites excluding steroid dienone is 1. The van der Waals surface area contributed by atoms with Gasteiger partial charge in [0.1, 0.15) is 5.75 Å². The summed E-state index contributed by atoms with van der Waals surface area (Å²) in [6.45, 7) is 0. The Hall–Kier alpha value is -2.06. The largest absolute Gasteiger partial charge is 0.506 e. The monoisotopic (exact) mass is 258 g/mol. The van der Waals surface area contributed by atoms with Gasteiger partial charge in [-0.25, -0.2) is 0 Å². The maximum absolute atomic E-state index is 11.9. The van der Waals surface area contributed by atoms with E-state index in [9.17, 15) is 9.90 Å². The second-order valence-corrected chi connectivity index (χ2v) is 4.18. The molecule has 0 saturated heterocycles. The van der Waals surface area contributed by atoms with Crippen molar-refractivity contribution in [2.45, 2.75) is 0 Å². The summed E-state index contributed by atoms with van der Waals surface area (Å²) >= 11 is 5.75. The molecule has 2 aromatic carbocycles. The van der Waals surface area contributed by atoms with E-state index >= 15 is 0 Å². The van der Waals surface area contributed by atoms with Crippen LogP contribution in [0.1, 0.15) is 15.9 Å². The van der Waals surface area contributed by atoms with Crippen molar-refractivity contribution in [3.8, 4) is 5.75 Å². The molecule has 0 radical (unpaired) electrons. The van der Waals surface area contributed by atoms with Crippen LogP contribution in [0.2, 0.25) is 5.02 Å². The Kier molecular flexibility index (Phi) is 3.80. The molecule has 2 rings (SSSR count). The molecule has 0 atom stereocenters. The van der Waals surface area contributed by atoms with Gasteiger partial charge in [0.25, 0.3) is 0 Å². The molecule has 18 heavy (non-hydrogen) atoms. The Morgan fingerprint density at radius 1 is 1.11 bits per heavy atom. The first kappa shape index (κ1) is 12.4. The zero-order chi connectivity index (χ0) is 13.0. The predicted molar refractivity (Wildman–Crippen MR) is 72.9 cm³/mol. The van der Waals surface area contributed by atoms with Crippen LogP contribution in [0, 0.1) is 0 Å². The average molecular weight is 259 g/mol. The van der Waals surface area contributed by atoms with Gasteiger partial charge in [0.15, 0.2) is 5.78 Å². The lowest BCUT2D eigenvalue weighted by molar-refractivity contribution is 0.104. The molecule has 0 amide bonds. The van der Waals surface area contributed by atoms with Crippen molar-refractivity contribution < 1.29 is 9.90 Å². The van der Waals surface area contributed by atoms with Crippen molar-refractivity contribution >= 4 is 23.5 Å². The maximum atomic E-state index is 11.9. The van der Waals surface area contributed by atoms with Crippen LogP contribution in [0.15, 0.2) is 54.6 Å². The normalized spacial score (nSPS) is 10.7. The summed E-state index contributed by atoms with van der Waals surface area (Å²) in [7, 11) is 0. The summed E-state index contributed by atoms with van der Waals surface area (Å²) in [6.07, 6.45) is 3.22. The summed E-state index contributed by atoms with van der Waals surface area (Å²) < 4.78 is 0. The van der Waals surface area contributed by atoms with Gasteiger partial charge in [0.2, 0.25) is 0 Å². The molecule has 0 fully saturated rings. The predicted octanol–water partition coefficient (Wildman–Crippen LogP) is 3.94. The molecule has 0 aliphatic rings. The van der Waals surface area contributed by atoms with Crippen molar-refractivity contribution in [3.63, 3.8) is 0 Å². The van der Waals surface area contributed by atoms with Gasteiger partial charge in [-0.05, 0) is 29.8 Å². The Morgan fingerprint density at radius 3 is 2.50 bits per heavy atom. The van der Waals surface area contributed by atoms with Crippen molar-refractivity contribution in [2.24, 2.45) is 0 Å². The first-order valence-electron chi connectivity index (χ1n) is 5.43. The Morgan fingerprint density at radius 2 is 1.83 bits per heavy atom. The zero-order valence-corrected chi connectivity index (χ0v) is 10.3. The van der Waals surface area contributed by atoms with E-state index in [0.717, 1.165) is 5.56 Å². The van der Waals surface area contributed by atoms with Crippen LogP contribution >= 0.6 is 11.6 Å². The Labute approximate surface area is 110 Å². The van der Waals surface area contributed by atoms with E-state index < -0.39 is 0 Å². The molecular weight excluding hydrogens is 248 g/mol. The molecule has 0 aliphatic carbocycles. The van der Waals surface area contributed by atoms with Crippen LogP contribution < -0.4 is 0 Å². The van der Waals surface area contributed by atoms with Gasteiger partial charge in [-0.15, -0.1) is 0 Å². The number of ketones is 1. The summed E-state index contributed by atoms with van der Waals surface area (Å²) in [4.78, 5) is 11.9. The van der Waals surface area contributed by atoms with Crippen LogP contribution in [0.3, 0.4) is 0 Å². The summed E-state index contributed by atoms with van der Waals surface area (Å²) in [6, 6.07) is 13.9. The number of phenolic OH excluding ortho intramolecular Hbond substituents is 1. The molecule has 1 N–H and O–H groups in total. The first-order valence-corrected chi connectivity index (χ1v) is 5.80. The fraction of sp³-hybridized carbons (Fsp3) is 0. The van der Waals surface area contributed by atoms with E-state index in [4.69, 9.17) is 11.6 Å². The molecule has 0 saturated carbocycles. The van der Waals surface area contributed by atoms with Gasteiger partial charge in [-0.2, -0.15) is 0 Å². The second kappa shape index (κ2) is 5.52. The number of rotatable bonds is 3. The quantitative estimate of drug-likeness (QED) is 0.669. The van der Waals surface area contributed by atoms with E-state index in [1.165, 1.54) is 18.2 Å². The molecule has 0 unspecified atom stereocenters. The van der Waals surface area contributed by atoms with Crippen LogP contribution in [-0.4, -0.2) is 10.9 Å². The van der Waals surface area contributed by atoms with Gasteiger partial charge in [0, 0.05) is 5.56 Å². The van der Waals surface area contributed by atoms with Crippen molar-refractivity contribution in [1.29, 1.82) is 0 Å². The highest BCUT2D eigenvalue weighted by atomic mass is 35.5. The molecule has 2 aromatic rings. The summed E-state index contributed by atoms with van der Waals surface area (Å²) in [5, 5.41) is 9.45. The topological polar surface area (TPSA) is 37.3 Å². The molecule has 3 heteroatoms. The standard InChI is InChI=1S/C15H11ClO2/c16-13-10-12(7-9-15(13)18)14(17)8-6-11-4-2-1-3-5-11/h1-10,18H/b8-6+. The molecule has 90 valence electrons. The fourth-order valence-electron chi connectivity index (χ4n) is 1.49. The van der Waals surface area contributed by atoms with Crippen molar-refractivity contribution in [1.82, 2.24) is 0 Å². The van der Waals surface area contributed by atoms with Crippen LogP contribution in [-0.2, 0) is 0 Å². The van der Waals surface area contributed by atoms with Crippen molar-refractivity contribution in [3.05, 3.63) is 70.8 Å². The minimum Gasteiger partial charge on any atom is -0.506 e. The third-order valence-corrected chi connectivity index (χ3v) is 2.76. The van der Waals surface area contributed by atoms with Gasteiger partial charge < -0.3 is 5.11 Å². The van der Waals surface area contributed by atoms with Crippen molar-refractivity contribution in [2.75, 3.05) is 0 Å². The number of benzene rings is 2. The zero-order valence-electron chi connectivity index (χ0n) is 9.51. The van der Waals surface area contributed by atoms with Crippen LogP contribution in [0.4, 0.5) is 0 Å². The smallest absolute Gasteiger partial charge is 0.185 e. The van der Waals surface area contributed by atoms with Gasteiger partial charge >= 0.3 is 0 Å². The van der Waals surface area contributed by atoms with Crippen LogP contribution in [0.5, 0.6) is 5.75 Å². The number of carbonyl (C=O) groups excluding carboxylic acids is 1. The van der Waals surface area contributed by atoms with E-state index in [-0.39, 0.29) is 16.6 Å². The second-order valence-electron chi connectivity index (χ2n) is 3.77. The lowest BCUT2D eigenvalue weighted by atomic mass is 10.1. The summed E-state index contributed by atoms with van der Waals surface area (Å²) in [5.41, 5.74) is 1.40. The first-order chi connectivity index (χ1) is 8.66. The highest BCUT2D eigenvalue weighted by molar-refractivity contribution is 6.32. The molecule has 0 heterocycles. The molecule has 0 bridgehead atoms. The third-order valence-electron chi connectivity index (χ3n) is 2.46. The number of carbonyl (C=O) groups is 1. The Bertz CT molecular complexity index is 589. The third kappa shape index (κ3) is 2.99. The number of aromatic hydroxyl groups is 1. The number of halogens is 1. The lowest BCUT2D eigenvalue weighted by Crippen LogP contribution is -1.93. The number of hydrogen-bond donors (Lipinski definition) is 1. The average Bonchev–Trinajstić information content (AvgIpc) is 2.40. The highest BCUT2D eigenvalue weighted by Gasteiger charge is 2.05.